The molecule has 92 heavy (non-hydrogen) atoms. The molecule has 0 heterocycles. The first-order valence-corrected chi connectivity index (χ1v) is 41.0. The van der Waals surface area contributed by atoms with Crippen LogP contribution >= 0.6 is 15.6 Å². The molecule has 0 spiro atoms. The third-order valence-corrected chi connectivity index (χ3v) is 19.2. The molecule has 19 heteroatoms. The highest BCUT2D eigenvalue weighted by atomic mass is 31.2. The second kappa shape index (κ2) is 65.0. The summed E-state index contributed by atoms with van der Waals surface area (Å²) in [6.07, 6.45) is 51.7. The van der Waals surface area contributed by atoms with Crippen molar-refractivity contribution >= 4 is 39.5 Å². The van der Waals surface area contributed by atoms with Gasteiger partial charge < -0.3 is 33.8 Å². The van der Waals surface area contributed by atoms with Gasteiger partial charge in [0, 0.05) is 25.7 Å². The summed E-state index contributed by atoms with van der Waals surface area (Å²) in [4.78, 5) is 72.4. The zero-order valence-electron chi connectivity index (χ0n) is 59.9. The molecule has 0 rings (SSSR count). The van der Waals surface area contributed by atoms with Crippen molar-refractivity contribution in [1.29, 1.82) is 0 Å². The largest absolute Gasteiger partial charge is 0.472 e. The highest BCUT2D eigenvalue weighted by Gasteiger charge is 2.30. The van der Waals surface area contributed by atoms with Crippen LogP contribution in [0, 0.1) is 11.8 Å². The molecule has 0 saturated heterocycles. The Kier molecular flexibility index (Phi) is 63.7. The molecule has 0 saturated carbocycles. The fourth-order valence-corrected chi connectivity index (χ4v) is 12.7. The summed E-state index contributed by atoms with van der Waals surface area (Å²) in [5.74, 6) is -0.563. The molecule has 0 aliphatic heterocycles. The summed E-state index contributed by atoms with van der Waals surface area (Å²) < 4.78 is 68.2. The van der Waals surface area contributed by atoms with Crippen LogP contribution in [-0.4, -0.2) is 96.7 Å². The van der Waals surface area contributed by atoms with Crippen LogP contribution < -0.4 is 0 Å². The first-order valence-electron chi connectivity index (χ1n) is 38.0. The molecular formula is C73H142O17P2. The number of aliphatic hydroxyl groups is 1. The Labute approximate surface area is 562 Å². The van der Waals surface area contributed by atoms with E-state index >= 15 is 0 Å². The van der Waals surface area contributed by atoms with Gasteiger partial charge in [0.1, 0.15) is 19.3 Å². The summed E-state index contributed by atoms with van der Waals surface area (Å²) in [6, 6.07) is 0. The standard InChI is InChI=1S/C73H142O17P2/c1-7-10-12-14-15-16-17-18-19-20-21-22-27-30-33-39-45-51-57-72(77)90-69(62-84-71(76)56-50-44-38-32-29-26-24-23-25-28-31-36-42-47-53-65(4)5)64-88-92(81,82)86-60-67(74)59-85-91(79,80)87-63-68(61-83-70(75)55-49-41-13-11-8-2)89-73(78)58-52-46-40-35-34-37-43-48-54-66(6)9-3/h65-69,74H,7-64H2,1-6H3,(H,79,80)(H,81,82)/t66?,67-,68+,69+/m0/s1. The SMILES string of the molecule is CCCCCCCCCCCCCCCCCCCCC(=O)O[C@H](COC(=O)CCCCCCCCCCCCCCCCC(C)C)COP(=O)(O)OC[C@@H](O)COP(=O)(O)OC[C@@H](COC(=O)CCCCCCC)OC(=O)CCCCCCCCCCC(C)CC. The topological polar surface area (TPSA) is 237 Å². The molecular weight excluding hydrogens is 1210 g/mol. The van der Waals surface area contributed by atoms with Crippen molar-refractivity contribution in [3.8, 4) is 0 Å². The summed E-state index contributed by atoms with van der Waals surface area (Å²) in [7, 11) is -9.90. The number of carbonyl (C=O) groups is 4. The van der Waals surface area contributed by atoms with E-state index in [-0.39, 0.29) is 25.7 Å². The molecule has 0 radical (unpaired) electrons. The third kappa shape index (κ3) is 65.4. The van der Waals surface area contributed by atoms with E-state index in [0.29, 0.717) is 25.7 Å². The number of ether oxygens (including phenoxy) is 4. The van der Waals surface area contributed by atoms with E-state index < -0.39 is 97.5 Å². The van der Waals surface area contributed by atoms with E-state index in [1.807, 2.05) is 0 Å². The zero-order chi connectivity index (χ0) is 67.9. The van der Waals surface area contributed by atoms with E-state index in [0.717, 1.165) is 108 Å². The molecule has 17 nitrogen and oxygen atoms in total. The van der Waals surface area contributed by atoms with Gasteiger partial charge in [-0.05, 0) is 37.5 Å². The zero-order valence-corrected chi connectivity index (χ0v) is 61.6. The molecule has 0 amide bonds. The predicted octanol–water partition coefficient (Wildman–Crippen LogP) is 21.2. The fourth-order valence-electron chi connectivity index (χ4n) is 11.1. The highest BCUT2D eigenvalue weighted by molar-refractivity contribution is 7.47. The average molecular weight is 1350 g/mol. The number of hydrogen-bond donors (Lipinski definition) is 3. The second-order valence-electron chi connectivity index (χ2n) is 27.1. The smallest absolute Gasteiger partial charge is 0.462 e. The van der Waals surface area contributed by atoms with Gasteiger partial charge in [-0.15, -0.1) is 0 Å². The first-order chi connectivity index (χ1) is 44.4. The lowest BCUT2D eigenvalue weighted by Gasteiger charge is -2.21. The normalized spacial score (nSPS) is 14.4. The summed E-state index contributed by atoms with van der Waals surface area (Å²) in [5, 5.41) is 10.6. The van der Waals surface area contributed by atoms with Gasteiger partial charge in [-0.1, -0.05) is 324 Å². The van der Waals surface area contributed by atoms with Gasteiger partial charge in [0.25, 0.3) is 0 Å². The maximum absolute atomic E-state index is 13.1. The molecule has 0 aromatic rings. The molecule has 3 unspecified atom stereocenters. The van der Waals surface area contributed by atoms with Crippen molar-refractivity contribution in [2.45, 2.75) is 394 Å². The van der Waals surface area contributed by atoms with Gasteiger partial charge in [0.2, 0.25) is 0 Å². The Bertz CT molecular complexity index is 1790. The summed E-state index contributed by atoms with van der Waals surface area (Å²) in [6.45, 7) is 9.50. The van der Waals surface area contributed by atoms with Gasteiger partial charge in [-0.25, -0.2) is 9.13 Å². The van der Waals surface area contributed by atoms with Crippen LogP contribution in [0.3, 0.4) is 0 Å². The van der Waals surface area contributed by atoms with Crippen LogP contribution in [0.15, 0.2) is 0 Å². The van der Waals surface area contributed by atoms with E-state index in [9.17, 15) is 43.2 Å². The minimum Gasteiger partial charge on any atom is -0.462 e. The summed E-state index contributed by atoms with van der Waals surface area (Å²) >= 11 is 0. The Hall–Kier alpha value is -1.94. The van der Waals surface area contributed by atoms with Crippen molar-refractivity contribution in [2.24, 2.45) is 11.8 Å². The van der Waals surface area contributed by atoms with Crippen LogP contribution in [0.4, 0.5) is 0 Å². The maximum Gasteiger partial charge on any atom is 0.472 e. The quantitative estimate of drug-likeness (QED) is 0.0222. The van der Waals surface area contributed by atoms with E-state index in [4.69, 9.17) is 37.0 Å². The number of phosphoric ester groups is 2. The highest BCUT2D eigenvalue weighted by Crippen LogP contribution is 2.45. The molecule has 0 fully saturated rings. The van der Waals surface area contributed by atoms with Crippen LogP contribution in [0.2, 0.25) is 0 Å². The number of rotatable bonds is 72. The van der Waals surface area contributed by atoms with Crippen LogP contribution in [0.5, 0.6) is 0 Å². The Morgan fingerprint density at radius 3 is 0.826 bits per heavy atom. The molecule has 6 atom stereocenters. The van der Waals surface area contributed by atoms with Crippen LogP contribution in [-0.2, 0) is 65.4 Å². The molecule has 546 valence electrons. The van der Waals surface area contributed by atoms with Crippen molar-refractivity contribution in [1.82, 2.24) is 0 Å². The lowest BCUT2D eigenvalue weighted by Crippen LogP contribution is -2.30. The van der Waals surface area contributed by atoms with Gasteiger partial charge in [0.15, 0.2) is 12.2 Å². The minimum absolute atomic E-state index is 0.104. The Morgan fingerprint density at radius 2 is 0.554 bits per heavy atom. The van der Waals surface area contributed by atoms with Gasteiger partial charge in [-0.3, -0.25) is 37.3 Å². The predicted molar refractivity (Wildman–Crippen MR) is 372 cm³/mol. The first kappa shape index (κ1) is 90.1. The van der Waals surface area contributed by atoms with Crippen molar-refractivity contribution < 1.29 is 80.2 Å². The molecule has 0 aromatic carbocycles. The molecule has 0 bridgehead atoms. The van der Waals surface area contributed by atoms with E-state index in [2.05, 4.69) is 41.5 Å². The average Bonchev–Trinajstić information content (AvgIpc) is 1.81. The van der Waals surface area contributed by atoms with E-state index in [1.165, 1.54) is 186 Å². The fraction of sp³-hybridized carbons (Fsp3) is 0.945. The summed E-state index contributed by atoms with van der Waals surface area (Å²) in [5.41, 5.74) is 0. The monoisotopic (exact) mass is 1350 g/mol. The van der Waals surface area contributed by atoms with Gasteiger partial charge >= 0.3 is 39.5 Å². The lowest BCUT2D eigenvalue weighted by molar-refractivity contribution is -0.161. The Morgan fingerprint density at radius 1 is 0.315 bits per heavy atom. The van der Waals surface area contributed by atoms with Gasteiger partial charge in [-0.2, -0.15) is 0 Å². The van der Waals surface area contributed by atoms with Crippen LogP contribution in [0.25, 0.3) is 0 Å². The number of phosphoric acid groups is 2. The maximum atomic E-state index is 13.1. The van der Waals surface area contributed by atoms with Crippen molar-refractivity contribution in [3.05, 3.63) is 0 Å². The Balaban J connectivity index is 5.15. The van der Waals surface area contributed by atoms with E-state index in [1.54, 1.807) is 0 Å². The number of aliphatic hydroxyl groups excluding tert-OH is 1. The molecule has 3 N–H and O–H groups in total. The number of hydrogen-bond acceptors (Lipinski definition) is 15. The van der Waals surface area contributed by atoms with Crippen molar-refractivity contribution in [2.75, 3.05) is 39.6 Å². The number of carbonyl (C=O) groups excluding carboxylic acids is 4. The molecule has 0 aliphatic rings. The second-order valence-corrected chi connectivity index (χ2v) is 30.0. The number of esters is 4. The van der Waals surface area contributed by atoms with Gasteiger partial charge in [0.05, 0.1) is 26.4 Å². The van der Waals surface area contributed by atoms with Crippen molar-refractivity contribution in [3.63, 3.8) is 0 Å². The minimum atomic E-state index is -4.95. The number of unbranched alkanes of at least 4 members (excludes halogenated alkanes) is 41. The molecule has 0 aliphatic carbocycles. The van der Waals surface area contributed by atoms with Crippen LogP contribution in [0.1, 0.15) is 375 Å². The lowest BCUT2D eigenvalue weighted by atomic mass is 9.99. The molecule has 0 aromatic heterocycles. The third-order valence-electron chi connectivity index (χ3n) is 17.3.